The first-order chi connectivity index (χ1) is 12.6. The van der Waals surface area contributed by atoms with E-state index in [2.05, 4.69) is 10.5 Å². The van der Waals surface area contributed by atoms with E-state index in [1.54, 1.807) is 18.2 Å². The smallest absolute Gasteiger partial charge is 0.246 e. The second-order valence-corrected chi connectivity index (χ2v) is 5.88. The van der Waals surface area contributed by atoms with Crippen molar-refractivity contribution in [2.45, 2.75) is 19.6 Å². The van der Waals surface area contributed by atoms with Gasteiger partial charge in [-0.15, -0.1) is 0 Å². The molecule has 1 N–H and O–H groups in total. The summed E-state index contributed by atoms with van der Waals surface area (Å²) in [5, 5.41) is 6.77. The van der Waals surface area contributed by atoms with Gasteiger partial charge < -0.3 is 14.6 Å². The number of aromatic nitrogens is 1. The molecule has 1 amide bonds. The average molecular weight is 354 g/mol. The largest absolute Gasteiger partial charge is 0.365 e. The van der Waals surface area contributed by atoms with Crippen LogP contribution in [-0.4, -0.2) is 17.7 Å². The Morgan fingerprint density at radius 3 is 2.65 bits per heavy atom. The minimum atomic E-state index is -0.312. The lowest BCUT2D eigenvalue weighted by atomic mass is 10.1. The molecule has 0 saturated carbocycles. The molecular formula is C20H19FN2O3. The van der Waals surface area contributed by atoms with Crippen LogP contribution in [0.15, 0.2) is 65.2 Å². The summed E-state index contributed by atoms with van der Waals surface area (Å²) in [5.74, 6) is 0.00178. The molecule has 0 aliphatic heterocycles. The normalized spacial score (nSPS) is 11.9. The molecule has 3 rings (SSSR count). The van der Waals surface area contributed by atoms with Crippen LogP contribution in [0.1, 0.15) is 24.2 Å². The molecule has 0 fully saturated rings. The highest BCUT2D eigenvalue weighted by molar-refractivity contribution is 5.77. The van der Waals surface area contributed by atoms with Crippen molar-refractivity contribution >= 4 is 5.91 Å². The Labute approximate surface area is 150 Å². The van der Waals surface area contributed by atoms with Crippen LogP contribution in [0.3, 0.4) is 0 Å². The number of halogens is 1. The number of hydrogen-bond donors (Lipinski definition) is 1. The van der Waals surface area contributed by atoms with Gasteiger partial charge in [-0.3, -0.25) is 4.79 Å². The summed E-state index contributed by atoms with van der Waals surface area (Å²) in [6.45, 7) is 1.99. The molecule has 2 aromatic carbocycles. The average Bonchev–Trinajstić information content (AvgIpc) is 3.12. The maximum Gasteiger partial charge on any atom is 0.246 e. The van der Waals surface area contributed by atoms with Gasteiger partial charge in [-0.1, -0.05) is 35.5 Å². The standard InChI is InChI=1S/C20H19FN2O3/c1-14(15-5-3-2-4-6-15)22-20(24)13-25-12-18-11-19(26-23-18)16-7-9-17(21)10-8-16/h2-11,14H,12-13H2,1H3,(H,22,24)/t14-/m0/s1. The van der Waals surface area contributed by atoms with E-state index in [9.17, 15) is 9.18 Å². The number of amides is 1. The van der Waals surface area contributed by atoms with Crippen molar-refractivity contribution in [2.24, 2.45) is 0 Å². The third kappa shape index (κ3) is 4.77. The van der Waals surface area contributed by atoms with Crippen LogP contribution in [0.4, 0.5) is 4.39 Å². The number of hydrogen-bond acceptors (Lipinski definition) is 4. The first-order valence-electron chi connectivity index (χ1n) is 8.25. The highest BCUT2D eigenvalue weighted by Gasteiger charge is 2.11. The Morgan fingerprint density at radius 2 is 1.92 bits per heavy atom. The molecule has 0 spiro atoms. The molecule has 0 bridgehead atoms. The zero-order chi connectivity index (χ0) is 18.4. The predicted molar refractivity (Wildman–Crippen MR) is 94.6 cm³/mol. The Balaban J connectivity index is 1.46. The zero-order valence-electron chi connectivity index (χ0n) is 14.3. The van der Waals surface area contributed by atoms with Crippen molar-refractivity contribution in [1.82, 2.24) is 10.5 Å². The van der Waals surface area contributed by atoms with Crippen LogP contribution < -0.4 is 5.32 Å². The summed E-state index contributed by atoms with van der Waals surface area (Å²) < 4.78 is 23.6. The molecule has 26 heavy (non-hydrogen) atoms. The van der Waals surface area contributed by atoms with E-state index < -0.39 is 0 Å². The van der Waals surface area contributed by atoms with Crippen molar-refractivity contribution in [3.05, 3.63) is 77.7 Å². The summed E-state index contributed by atoms with van der Waals surface area (Å²) in [5.41, 5.74) is 2.31. The first-order valence-corrected chi connectivity index (χ1v) is 8.25. The quantitative estimate of drug-likeness (QED) is 0.699. The molecule has 0 saturated heterocycles. The highest BCUT2D eigenvalue weighted by Crippen LogP contribution is 2.20. The van der Waals surface area contributed by atoms with E-state index in [1.165, 1.54) is 12.1 Å². The first kappa shape index (κ1) is 17.8. The molecule has 0 aliphatic carbocycles. The number of carbonyl (C=O) groups is 1. The van der Waals surface area contributed by atoms with Gasteiger partial charge >= 0.3 is 0 Å². The minimum absolute atomic E-state index is 0.0735. The molecule has 0 radical (unpaired) electrons. The van der Waals surface area contributed by atoms with Crippen molar-refractivity contribution < 1.29 is 18.4 Å². The molecule has 3 aromatic rings. The third-order valence-electron chi connectivity index (χ3n) is 3.85. The molecule has 1 heterocycles. The van der Waals surface area contributed by atoms with Crippen LogP contribution >= 0.6 is 0 Å². The van der Waals surface area contributed by atoms with Crippen LogP contribution in [0.25, 0.3) is 11.3 Å². The molecular weight excluding hydrogens is 335 g/mol. The van der Waals surface area contributed by atoms with Crippen molar-refractivity contribution in [1.29, 1.82) is 0 Å². The molecule has 134 valence electrons. The van der Waals surface area contributed by atoms with Crippen molar-refractivity contribution in [3.63, 3.8) is 0 Å². The molecule has 6 heteroatoms. The minimum Gasteiger partial charge on any atom is -0.365 e. The topological polar surface area (TPSA) is 64.4 Å². The third-order valence-corrected chi connectivity index (χ3v) is 3.85. The van der Waals surface area contributed by atoms with E-state index in [4.69, 9.17) is 9.26 Å². The van der Waals surface area contributed by atoms with Gasteiger partial charge in [0, 0.05) is 11.6 Å². The maximum atomic E-state index is 12.9. The predicted octanol–water partition coefficient (Wildman–Crippen LogP) is 3.87. The lowest BCUT2D eigenvalue weighted by Gasteiger charge is -2.14. The van der Waals surface area contributed by atoms with Gasteiger partial charge in [0.25, 0.3) is 0 Å². The van der Waals surface area contributed by atoms with Gasteiger partial charge in [-0.05, 0) is 36.8 Å². The fraction of sp³-hybridized carbons (Fsp3) is 0.200. The summed E-state index contributed by atoms with van der Waals surface area (Å²) in [4.78, 5) is 12.0. The number of nitrogens with one attached hydrogen (secondary N) is 1. The number of carbonyl (C=O) groups excluding carboxylic acids is 1. The van der Waals surface area contributed by atoms with E-state index in [0.717, 1.165) is 11.1 Å². The highest BCUT2D eigenvalue weighted by atomic mass is 19.1. The summed E-state index contributed by atoms with van der Waals surface area (Å²) in [6.07, 6.45) is 0. The van der Waals surface area contributed by atoms with Gasteiger partial charge in [-0.2, -0.15) is 0 Å². The van der Waals surface area contributed by atoms with Crippen LogP contribution in [0.2, 0.25) is 0 Å². The number of ether oxygens (including phenoxy) is 1. The molecule has 0 aliphatic rings. The Bertz CT molecular complexity index is 847. The van der Waals surface area contributed by atoms with Crippen LogP contribution in [0.5, 0.6) is 0 Å². The monoisotopic (exact) mass is 354 g/mol. The summed E-state index contributed by atoms with van der Waals surface area (Å²) in [7, 11) is 0. The molecule has 0 unspecified atom stereocenters. The Morgan fingerprint density at radius 1 is 1.19 bits per heavy atom. The Hall–Kier alpha value is -2.99. The van der Waals surface area contributed by atoms with Gasteiger partial charge in [0.1, 0.15) is 18.1 Å². The number of benzene rings is 2. The van der Waals surface area contributed by atoms with Gasteiger partial charge in [0.2, 0.25) is 5.91 Å². The second-order valence-electron chi connectivity index (χ2n) is 5.88. The maximum absolute atomic E-state index is 12.9. The van der Waals surface area contributed by atoms with E-state index in [0.29, 0.717) is 11.5 Å². The molecule has 1 aromatic heterocycles. The van der Waals surface area contributed by atoms with Gasteiger partial charge in [0.15, 0.2) is 5.76 Å². The van der Waals surface area contributed by atoms with E-state index >= 15 is 0 Å². The van der Waals surface area contributed by atoms with E-state index in [1.807, 2.05) is 37.3 Å². The lowest BCUT2D eigenvalue weighted by molar-refractivity contribution is -0.126. The molecule has 5 nitrogen and oxygen atoms in total. The fourth-order valence-electron chi connectivity index (χ4n) is 2.49. The number of nitrogens with zero attached hydrogens (tertiary/aromatic N) is 1. The van der Waals surface area contributed by atoms with E-state index in [-0.39, 0.29) is 31.0 Å². The number of rotatable bonds is 7. The summed E-state index contributed by atoms with van der Waals surface area (Å²) >= 11 is 0. The van der Waals surface area contributed by atoms with Crippen molar-refractivity contribution in [2.75, 3.05) is 6.61 Å². The van der Waals surface area contributed by atoms with Crippen LogP contribution in [-0.2, 0) is 16.1 Å². The Kier molecular flexibility index (Phi) is 5.76. The fourth-order valence-corrected chi connectivity index (χ4v) is 2.49. The van der Waals surface area contributed by atoms with Crippen molar-refractivity contribution in [3.8, 4) is 11.3 Å². The van der Waals surface area contributed by atoms with Crippen LogP contribution in [0, 0.1) is 5.82 Å². The zero-order valence-corrected chi connectivity index (χ0v) is 14.3. The summed E-state index contributed by atoms with van der Waals surface area (Å²) in [6, 6.07) is 17.2. The SMILES string of the molecule is C[C@H](NC(=O)COCc1cc(-c2ccc(F)cc2)on1)c1ccccc1. The second kappa shape index (κ2) is 8.40. The van der Waals surface area contributed by atoms with Gasteiger partial charge in [-0.25, -0.2) is 4.39 Å². The lowest BCUT2D eigenvalue weighted by Crippen LogP contribution is -2.30. The molecule has 1 atom stereocenters. The van der Waals surface area contributed by atoms with Gasteiger partial charge in [0.05, 0.1) is 12.6 Å².